The third kappa shape index (κ3) is 3.69. The molecule has 182 valence electrons. The average Bonchev–Trinajstić information content (AvgIpc) is 3.50. The molecule has 2 aromatic heterocycles. The van der Waals surface area contributed by atoms with E-state index in [0.29, 0.717) is 31.6 Å². The molecule has 0 amide bonds. The molecule has 0 bridgehead atoms. The number of esters is 1. The number of benzene rings is 3. The Bertz CT molecular complexity index is 1580. The Morgan fingerprint density at radius 2 is 1.83 bits per heavy atom. The standard InChI is InChI=1S/C28H23FN2O4S/c1-34-27(32)18-4-2-17(3-5-18)25-21-14-24-22(30-16-36-24)15-23(21)31(20-8-6-19(29)7-9-20)26(25)28(33)10-12-35-13-11-28/h2-9,14-16,33H,10-13H2,1H3. The fourth-order valence-electron chi connectivity index (χ4n) is 5.07. The van der Waals surface area contributed by atoms with E-state index in [1.54, 1.807) is 35.6 Å². The summed E-state index contributed by atoms with van der Waals surface area (Å²) in [6, 6.07) is 17.6. The van der Waals surface area contributed by atoms with Gasteiger partial charge in [0.1, 0.15) is 11.4 Å². The minimum absolute atomic E-state index is 0.331. The lowest BCUT2D eigenvalue weighted by atomic mass is 9.85. The van der Waals surface area contributed by atoms with Gasteiger partial charge < -0.3 is 19.1 Å². The van der Waals surface area contributed by atoms with Crippen molar-refractivity contribution in [3.8, 4) is 16.8 Å². The summed E-state index contributed by atoms with van der Waals surface area (Å²) in [4.78, 5) is 16.6. The molecule has 0 saturated carbocycles. The molecular formula is C28H23FN2O4S. The molecule has 3 aromatic carbocycles. The van der Waals surface area contributed by atoms with E-state index in [0.717, 1.165) is 43.6 Å². The third-order valence-electron chi connectivity index (χ3n) is 6.86. The van der Waals surface area contributed by atoms with Crippen molar-refractivity contribution < 1.29 is 23.8 Å². The summed E-state index contributed by atoms with van der Waals surface area (Å²) in [5, 5.41) is 13.0. The molecule has 0 atom stereocenters. The largest absolute Gasteiger partial charge is 0.465 e. The first-order valence-electron chi connectivity index (χ1n) is 11.7. The number of carbonyl (C=O) groups excluding carboxylic acids is 1. The Labute approximate surface area is 210 Å². The van der Waals surface area contributed by atoms with Gasteiger partial charge in [-0.3, -0.25) is 0 Å². The summed E-state index contributed by atoms with van der Waals surface area (Å²) in [6.07, 6.45) is 0.842. The molecule has 0 radical (unpaired) electrons. The lowest BCUT2D eigenvalue weighted by molar-refractivity contribution is -0.0708. The number of carbonyl (C=O) groups is 1. The lowest BCUT2D eigenvalue weighted by Gasteiger charge is -2.34. The first-order chi connectivity index (χ1) is 17.5. The molecule has 1 saturated heterocycles. The molecule has 8 heteroatoms. The highest BCUT2D eigenvalue weighted by Crippen LogP contribution is 2.46. The van der Waals surface area contributed by atoms with Crippen LogP contribution in [0.2, 0.25) is 0 Å². The number of rotatable bonds is 4. The van der Waals surface area contributed by atoms with E-state index < -0.39 is 11.6 Å². The monoisotopic (exact) mass is 502 g/mol. The highest BCUT2D eigenvalue weighted by atomic mass is 32.1. The SMILES string of the molecule is COC(=O)c1ccc(-c2c(C3(O)CCOCC3)n(-c3ccc(F)cc3)c3cc4ncsc4cc23)cc1. The van der Waals surface area contributed by atoms with E-state index in [4.69, 9.17) is 9.47 Å². The van der Waals surface area contributed by atoms with Gasteiger partial charge in [0.05, 0.1) is 39.6 Å². The van der Waals surface area contributed by atoms with Crippen LogP contribution >= 0.6 is 11.3 Å². The summed E-state index contributed by atoms with van der Waals surface area (Å²) in [5.41, 5.74) is 5.97. The van der Waals surface area contributed by atoms with E-state index >= 15 is 0 Å². The highest BCUT2D eigenvalue weighted by Gasteiger charge is 2.39. The second-order valence-electron chi connectivity index (χ2n) is 8.94. The number of fused-ring (bicyclic) bond motifs is 2. The maximum atomic E-state index is 13.9. The zero-order valence-corrected chi connectivity index (χ0v) is 20.3. The zero-order valence-electron chi connectivity index (χ0n) is 19.5. The van der Waals surface area contributed by atoms with Crippen LogP contribution < -0.4 is 0 Å². The molecule has 1 aliphatic heterocycles. The minimum Gasteiger partial charge on any atom is -0.465 e. The van der Waals surface area contributed by atoms with Crippen molar-refractivity contribution in [3.05, 3.63) is 83.2 Å². The van der Waals surface area contributed by atoms with Crippen molar-refractivity contribution in [1.29, 1.82) is 0 Å². The number of hydrogen-bond acceptors (Lipinski definition) is 6. The van der Waals surface area contributed by atoms with Crippen LogP contribution in [0.15, 0.2) is 66.2 Å². The van der Waals surface area contributed by atoms with Gasteiger partial charge in [0.25, 0.3) is 0 Å². The molecule has 3 heterocycles. The van der Waals surface area contributed by atoms with Gasteiger partial charge in [0.2, 0.25) is 0 Å². The van der Waals surface area contributed by atoms with Crippen LogP contribution in [0.3, 0.4) is 0 Å². The average molecular weight is 503 g/mol. The van der Waals surface area contributed by atoms with Crippen molar-refractivity contribution in [3.63, 3.8) is 0 Å². The molecule has 36 heavy (non-hydrogen) atoms. The molecule has 0 unspecified atom stereocenters. The first kappa shape index (κ1) is 22.8. The Hall–Kier alpha value is -3.59. The van der Waals surface area contributed by atoms with Crippen LogP contribution in [0.25, 0.3) is 37.9 Å². The topological polar surface area (TPSA) is 73.6 Å². The van der Waals surface area contributed by atoms with E-state index in [9.17, 15) is 14.3 Å². The molecule has 0 spiro atoms. The van der Waals surface area contributed by atoms with Crippen LogP contribution in [0.1, 0.15) is 28.9 Å². The van der Waals surface area contributed by atoms with Gasteiger partial charge in [0.15, 0.2) is 0 Å². The highest BCUT2D eigenvalue weighted by molar-refractivity contribution is 7.16. The molecular weight excluding hydrogens is 479 g/mol. The number of methoxy groups -OCH3 is 1. The van der Waals surface area contributed by atoms with Gasteiger partial charge in [-0.15, -0.1) is 11.3 Å². The number of nitrogens with zero attached hydrogens (tertiary/aromatic N) is 2. The van der Waals surface area contributed by atoms with Crippen molar-refractivity contribution in [2.24, 2.45) is 0 Å². The first-order valence-corrected chi connectivity index (χ1v) is 12.5. The lowest BCUT2D eigenvalue weighted by Crippen LogP contribution is -2.35. The van der Waals surface area contributed by atoms with E-state index in [-0.39, 0.29) is 5.82 Å². The van der Waals surface area contributed by atoms with Gasteiger partial charge in [-0.1, -0.05) is 12.1 Å². The van der Waals surface area contributed by atoms with Crippen molar-refractivity contribution in [2.45, 2.75) is 18.4 Å². The smallest absolute Gasteiger partial charge is 0.337 e. The minimum atomic E-state index is -1.18. The van der Waals surface area contributed by atoms with Crippen LogP contribution in [0, 0.1) is 5.82 Å². The van der Waals surface area contributed by atoms with Gasteiger partial charge in [-0.05, 0) is 54.1 Å². The summed E-state index contributed by atoms with van der Waals surface area (Å²) < 4.78 is 27.4. The second kappa shape index (κ2) is 8.81. The Kier molecular flexibility index (Phi) is 5.59. The number of ether oxygens (including phenoxy) is 2. The third-order valence-corrected chi connectivity index (χ3v) is 7.65. The maximum Gasteiger partial charge on any atom is 0.337 e. The van der Waals surface area contributed by atoms with Gasteiger partial charge >= 0.3 is 5.97 Å². The normalized spacial score (nSPS) is 15.4. The van der Waals surface area contributed by atoms with Crippen LogP contribution in [-0.2, 0) is 15.1 Å². The summed E-state index contributed by atoms with van der Waals surface area (Å²) in [7, 11) is 1.35. The number of aliphatic hydroxyl groups is 1. The van der Waals surface area contributed by atoms with Crippen molar-refractivity contribution in [1.82, 2.24) is 9.55 Å². The molecule has 0 aliphatic carbocycles. The van der Waals surface area contributed by atoms with Gasteiger partial charge in [-0.2, -0.15) is 0 Å². The van der Waals surface area contributed by atoms with E-state index in [2.05, 4.69) is 11.1 Å². The fourth-order valence-corrected chi connectivity index (χ4v) is 5.76. The van der Waals surface area contributed by atoms with E-state index in [1.165, 1.54) is 19.2 Å². The Morgan fingerprint density at radius 1 is 1.11 bits per heavy atom. The second-order valence-corrected chi connectivity index (χ2v) is 9.82. The van der Waals surface area contributed by atoms with Crippen LogP contribution in [0.4, 0.5) is 4.39 Å². The predicted octanol–water partition coefficient (Wildman–Crippen LogP) is 5.83. The fraction of sp³-hybridized carbons (Fsp3) is 0.214. The van der Waals surface area contributed by atoms with Gasteiger partial charge in [0, 0.05) is 42.7 Å². The molecule has 1 aliphatic rings. The Morgan fingerprint density at radius 3 is 2.53 bits per heavy atom. The quantitative estimate of drug-likeness (QED) is 0.313. The number of halogens is 1. The zero-order chi connectivity index (χ0) is 24.9. The molecule has 1 fully saturated rings. The summed E-state index contributed by atoms with van der Waals surface area (Å²) in [6.45, 7) is 0.859. The molecule has 6 rings (SSSR count). The Balaban J connectivity index is 1.72. The van der Waals surface area contributed by atoms with Crippen LogP contribution in [-0.4, -0.2) is 41.0 Å². The summed E-state index contributed by atoms with van der Waals surface area (Å²) >= 11 is 1.55. The molecule has 6 nitrogen and oxygen atoms in total. The number of thiazole rings is 1. The number of aromatic nitrogens is 2. The number of hydrogen-bond donors (Lipinski definition) is 1. The van der Waals surface area contributed by atoms with Crippen molar-refractivity contribution >= 4 is 38.4 Å². The van der Waals surface area contributed by atoms with Crippen molar-refractivity contribution in [2.75, 3.05) is 20.3 Å². The maximum absolute atomic E-state index is 13.9. The molecule has 5 aromatic rings. The van der Waals surface area contributed by atoms with Crippen LogP contribution in [0.5, 0.6) is 0 Å². The van der Waals surface area contributed by atoms with E-state index in [1.807, 2.05) is 28.3 Å². The van der Waals surface area contributed by atoms with Gasteiger partial charge in [-0.25, -0.2) is 14.2 Å². The predicted molar refractivity (Wildman–Crippen MR) is 137 cm³/mol. The molecule has 1 N–H and O–H groups in total. The summed E-state index contributed by atoms with van der Waals surface area (Å²) in [5.74, 6) is -0.744.